The molecule has 0 atom stereocenters. The Morgan fingerprint density at radius 2 is 1.94 bits per heavy atom. The van der Waals surface area contributed by atoms with Crippen LogP contribution in [0.4, 0.5) is 14.5 Å². The summed E-state index contributed by atoms with van der Waals surface area (Å²) in [5.41, 5.74) is -0.408. The third kappa shape index (κ3) is 4.27. The monoisotopic (exact) mass is 265 g/mol. The van der Waals surface area contributed by atoms with Gasteiger partial charge in [0.15, 0.2) is 11.6 Å². The van der Waals surface area contributed by atoms with Crippen LogP contribution in [0.25, 0.3) is 0 Å². The molecule has 0 aliphatic rings. The van der Waals surface area contributed by atoms with E-state index in [9.17, 15) is 17.2 Å². The molecule has 0 fully saturated rings. The first kappa shape index (κ1) is 13.9. The predicted octanol–water partition coefficient (Wildman–Crippen LogP) is 1.48. The molecule has 0 amide bonds. The first-order valence-corrected chi connectivity index (χ1v) is 6.67. The van der Waals surface area contributed by atoms with E-state index in [1.165, 1.54) is 6.07 Å². The number of aliphatic hydroxyl groups excluding tert-OH is 1. The molecule has 2 N–H and O–H groups in total. The SMILES string of the molecule is O=S(=O)(CCCCO)Nc1cccc(F)c1F. The van der Waals surface area contributed by atoms with Crippen LogP contribution >= 0.6 is 0 Å². The summed E-state index contributed by atoms with van der Waals surface area (Å²) in [7, 11) is -3.71. The standard InChI is InChI=1S/C10H13F2NO3S/c11-8-4-3-5-9(10(8)12)13-17(15,16)7-2-1-6-14/h3-5,13-14H,1-2,6-7H2. The number of rotatable bonds is 6. The molecule has 0 unspecified atom stereocenters. The number of sulfonamides is 1. The molecule has 0 aromatic heterocycles. The van der Waals surface area contributed by atoms with Crippen LogP contribution in [0.5, 0.6) is 0 Å². The lowest BCUT2D eigenvalue weighted by Crippen LogP contribution is -2.18. The van der Waals surface area contributed by atoms with E-state index in [2.05, 4.69) is 0 Å². The van der Waals surface area contributed by atoms with Crippen LogP contribution in [0.3, 0.4) is 0 Å². The second kappa shape index (κ2) is 5.92. The van der Waals surface area contributed by atoms with Crippen LogP contribution in [0, 0.1) is 11.6 Å². The van der Waals surface area contributed by atoms with Gasteiger partial charge >= 0.3 is 0 Å². The van der Waals surface area contributed by atoms with E-state index in [1.807, 2.05) is 4.72 Å². The van der Waals surface area contributed by atoms with Crippen LogP contribution in [0.15, 0.2) is 18.2 Å². The van der Waals surface area contributed by atoms with Crippen molar-refractivity contribution in [2.75, 3.05) is 17.1 Å². The smallest absolute Gasteiger partial charge is 0.232 e. The molecular weight excluding hydrogens is 252 g/mol. The van der Waals surface area contributed by atoms with E-state index in [-0.39, 0.29) is 18.8 Å². The summed E-state index contributed by atoms with van der Waals surface area (Å²) in [5, 5.41) is 8.51. The lowest BCUT2D eigenvalue weighted by atomic mass is 10.3. The maximum Gasteiger partial charge on any atom is 0.232 e. The topological polar surface area (TPSA) is 66.4 Å². The van der Waals surface area contributed by atoms with E-state index in [4.69, 9.17) is 5.11 Å². The predicted molar refractivity (Wildman–Crippen MR) is 60.1 cm³/mol. The number of halogens is 2. The van der Waals surface area contributed by atoms with E-state index in [0.29, 0.717) is 6.42 Å². The van der Waals surface area contributed by atoms with Crippen LogP contribution in [-0.2, 0) is 10.0 Å². The number of aliphatic hydroxyl groups is 1. The average Bonchev–Trinajstić information content (AvgIpc) is 2.25. The van der Waals surface area contributed by atoms with Gasteiger partial charge in [0.25, 0.3) is 0 Å². The summed E-state index contributed by atoms with van der Waals surface area (Å²) in [5.74, 6) is -2.58. The molecule has 0 radical (unpaired) electrons. The molecule has 4 nitrogen and oxygen atoms in total. The Hall–Kier alpha value is -1.21. The van der Waals surface area contributed by atoms with Crippen molar-refractivity contribution in [3.8, 4) is 0 Å². The largest absolute Gasteiger partial charge is 0.396 e. The summed E-state index contributed by atoms with van der Waals surface area (Å²) in [6, 6.07) is 3.25. The van der Waals surface area contributed by atoms with E-state index in [0.717, 1.165) is 12.1 Å². The number of benzene rings is 1. The van der Waals surface area contributed by atoms with Crippen molar-refractivity contribution in [2.45, 2.75) is 12.8 Å². The summed E-state index contributed by atoms with van der Waals surface area (Å²) in [6.07, 6.45) is 0.593. The molecule has 0 saturated carbocycles. The Morgan fingerprint density at radius 1 is 1.24 bits per heavy atom. The lowest BCUT2D eigenvalue weighted by Gasteiger charge is -2.08. The Balaban J connectivity index is 2.73. The van der Waals surface area contributed by atoms with Crippen molar-refractivity contribution < 1.29 is 22.3 Å². The summed E-state index contributed by atoms with van der Waals surface area (Å²) in [4.78, 5) is 0. The molecule has 0 aliphatic heterocycles. The Labute approximate surface area is 98.3 Å². The molecule has 1 rings (SSSR count). The van der Waals surface area contributed by atoms with Crippen LogP contribution in [0.2, 0.25) is 0 Å². The van der Waals surface area contributed by atoms with Crippen LogP contribution < -0.4 is 4.72 Å². The fourth-order valence-electron chi connectivity index (χ4n) is 1.21. The molecule has 0 spiro atoms. The Kier molecular flexibility index (Phi) is 4.83. The highest BCUT2D eigenvalue weighted by Gasteiger charge is 2.14. The zero-order valence-electron chi connectivity index (χ0n) is 8.99. The van der Waals surface area contributed by atoms with Gasteiger partial charge in [-0.05, 0) is 25.0 Å². The number of anilines is 1. The molecule has 1 aromatic carbocycles. The van der Waals surface area contributed by atoms with Crippen molar-refractivity contribution in [2.24, 2.45) is 0 Å². The van der Waals surface area contributed by atoms with Gasteiger partial charge in [-0.15, -0.1) is 0 Å². The van der Waals surface area contributed by atoms with Gasteiger partial charge in [-0.25, -0.2) is 17.2 Å². The second-order valence-corrected chi connectivity index (χ2v) is 5.29. The van der Waals surface area contributed by atoms with Gasteiger partial charge in [-0.3, -0.25) is 4.72 Å². The number of nitrogens with one attached hydrogen (secondary N) is 1. The van der Waals surface area contributed by atoms with Gasteiger partial charge in [0, 0.05) is 6.61 Å². The van der Waals surface area contributed by atoms with Crippen LogP contribution in [0.1, 0.15) is 12.8 Å². The van der Waals surface area contributed by atoms with Gasteiger partial charge in [0.1, 0.15) is 0 Å². The minimum Gasteiger partial charge on any atom is -0.396 e. The van der Waals surface area contributed by atoms with Gasteiger partial charge in [0.05, 0.1) is 11.4 Å². The summed E-state index contributed by atoms with van der Waals surface area (Å²) >= 11 is 0. The molecule has 1 aromatic rings. The third-order valence-electron chi connectivity index (χ3n) is 2.04. The zero-order valence-corrected chi connectivity index (χ0v) is 9.80. The highest BCUT2D eigenvalue weighted by molar-refractivity contribution is 7.92. The van der Waals surface area contributed by atoms with Crippen molar-refractivity contribution in [1.82, 2.24) is 0 Å². The van der Waals surface area contributed by atoms with Crippen molar-refractivity contribution >= 4 is 15.7 Å². The zero-order chi connectivity index (χ0) is 12.9. The minimum atomic E-state index is -3.71. The molecule has 0 heterocycles. The van der Waals surface area contributed by atoms with Gasteiger partial charge < -0.3 is 5.11 Å². The van der Waals surface area contributed by atoms with E-state index in [1.54, 1.807) is 0 Å². The fourth-order valence-corrected chi connectivity index (χ4v) is 2.38. The van der Waals surface area contributed by atoms with Crippen molar-refractivity contribution in [1.29, 1.82) is 0 Å². The average molecular weight is 265 g/mol. The van der Waals surface area contributed by atoms with Gasteiger partial charge in [-0.1, -0.05) is 6.07 Å². The highest BCUT2D eigenvalue weighted by atomic mass is 32.2. The number of unbranched alkanes of at least 4 members (excludes halogenated alkanes) is 1. The maximum absolute atomic E-state index is 13.2. The number of hydrogen-bond donors (Lipinski definition) is 2. The molecule has 96 valence electrons. The van der Waals surface area contributed by atoms with E-state index < -0.39 is 27.3 Å². The molecule has 17 heavy (non-hydrogen) atoms. The quantitative estimate of drug-likeness (QED) is 0.766. The first-order chi connectivity index (χ1) is 7.96. The van der Waals surface area contributed by atoms with Crippen LogP contribution in [-0.4, -0.2) is 25.9 Å². The second-order valence-electron chi connectivity index (χ2n) is 3.45. The molecule has 0 aliphatic carbocycles. The Morgan fingerprint density at radius 3 is 2.59 bits per heavy atom. The normalized spacial score (nSPS) is 11.5. The summed E-state index contributed by atoms with van der Waals surface area (Å²) < 4.78 is 50.9. The maximum atomic E-state index is 13.2. The fraction of sp³-hybridized carbons (Fsp3) is 0.400. The van der Waals surface area contributed by atoms with Gasteiger partial charge in [0.2, 0.25) is 10.0 Å². The summed E-state index contributed by atoms with van der Waals surface area (Å²) in [6.45, 7) is -0.107. The molecule has 0 saturated heterocycles. The Bertz CT molecular complexity index is 476. The highest BCUT2D eigenvalue weighted by Crippen LogP contribution is 2.18. The minimum absolute atomic E-state index is 0.107. The molecule has 0 bridgehead atoms. The molecular formula is C10H13F2NO3S. The van der Waals surface area contributed by atoms with Gasteiger partial charge in [-0.2, -0.15) is 0 Å². The third-order valence-corrected chi connectivity index (χ3v) is 3.40. The van der Waals surface area contributed by atoms with E-state index >= 15 is 0 Å². The van der Waals surface area contributed by atoms with Crippen molar-refractivity contribution in [3.05, 3.63) is 29.8 Å². The lowest BCUT2D eigenvalue weighted by molar-refractivity contribution is 0.287. The number of hydrogen-bond acceptors (Lipinski definition) is 3. The first-order valence-electron chi connectivity index (χ1n) is 5.01. The van der Waals surface area contributed by atoms with Crippen molar-refractivity contribution in [3.63, 3.8) is 0 Å². The molecule has 7 heteroatoms.